The summed E-state index contributed by atoms with van der Waals surface area (Å²) in [6.45, 7) is 3.97. The van der Waals surface area contributed by atoms with Crippen LogP contribution in [0, 0.1) is 12.7 Å². The number of tetrazole rings is 1. The molecule has 1 aromatic carbocycles. The molecule has 1 aliphatic rings. The van der Waals surface area contributed by atoms with Gasteiger partial charge in [0.1, 0.15) is 17.6 Å². The van der Waals surface area contributed by atoms with Crippen LogP contribution in [0.2, 0.25) is 0 Å². The molecule has 8 nitrogen and oxygen atoms in total. The molecular weight excluding hydrogens is 339 g/mol. The molecule has 1 saturated heterocycles. The molecule has 0 aliphatic carbocycles. The summed E-state index contributed by atoms with van der Waals surface area (Å²) in [4.78, 5) is 18.7. The standard InChI is InChI=1S/C17H14FN6O2/c1-10-9-24(17(25)26-10)12-4-5-13(14(18)7-12)11-3-6-15(19-8-11)16-20-22-23(2)21-16/h3-8,10H,1,9H2,2H3. The van der Waals surface area contributed by atoms with Gasteiger partial charge in [0.15, 0.2) is 0 Å². The third kappa shape index (κ3) is 2.87. The normalized spacial score (nSPS) is 16.8. The molecule has 1 aliphatic heterocycles. The Morgan fingerprint density at radius 2 is 2.15 bits per heavy atom. The van der Waals surface area contributed by atoms with Crippen molar-refractivity contribution in [2.24, 2.45) is 7.05 Å². The largest absolute Gasteiger partial charge is 0.444 e. The first-order chi connectivity index (χ1) is 12.5. The lowest BCUT2D eigenvalue weighted by molar-refractivity contribution is 0.159. The van der Waals surface area contributed by atoms with Gasteiger partial charge in [-0.25, -0.2) is 9.18 Å². The van der Waals surface area contributed by atoms with E-state index in [1.807, 2.05) is 0 Å². The van der Waals surface area contributed by atoms with E-state index in [0.29, 0.717) is 34.9 Å². The smallest absolute Gasteiger partial charge is 0.414 e. The number of carbonyl (C=O) groups excluding carboxylic acids is 1. The highest BCUT2D eigenvalue weighted by atomic mass is 19.1. The van der Waals surface area contributed by atoms with E-state index in [1.165, 1.54) is 15.8 Å². The number of cyclic esters (lactones) is 1. The molecule has 26 heavy (non-hydrogen) atoms. The van der Waals surface area contributed by atoms with Gasteiger partial charge in [-0.1, -0.05) is 6.07 Å². The lowest BCUT2D eigenvalue weighted by Gasteiger charge is -2.14. The highest BCUT2D eigenvalue weighted by Gasteiger charge is 2.29. The van der Waals surface area contributed by atoms with Crippen LogP contribution in [-0.2, 0) is 11.8 Å². The third-order valence-corrected chi connectivity index (χ3v) is 3.95. The van der Waals surface area contributed by atoms with Crippen LogP contribution in [0.25, 0.3) is 22.6 Å². The highest BCUT2D eigenvalue weighted by molar-refractivity contribution is 5.90. The number of aryl methyl sites for hydroxylation is 1. The number of nitrogens with zero attached hydrogens (tertiary/aromatic N) is 6. The predicted octanol–water partition coefficient (Wildman–Crippen LogP) is 2.24. The molecule has 131 valence electrons. The molecule has 1 amide bonds. The van der Waals surface area contributed by atoms with Crippen molar-refractivity contribution in [1.29, 1.82) is 0 Å². The monoisotopic (exact) mass is 353 g/mol. The number of carbonyl (C=O) groups is 1. The van der Waals surface area contributed by atoms with Gasteiger partial charge in [-0.05, 0) is 36.4 Å². The van der Waals surface area contributed by atoms with E-state index in [2.05, 4.69) is 27.3 Å². The fourth-order valence-electron chi connectivity index (χ4n) is 2.71. The van der Waals surface area contributed by atoms with Crippen LogP contribution < -0.4 is 4.90 Å². The predicted molar refractivity (Wildman–Crippen MR) is 90.4 cm³/mol. The van der Waals surface area contributed by atoms with E-state index in [0.717, 1.165) is 0 Å². The molecule has 0 N–H and O–H groups in total. The van der Waals surface area contributed by atoms with E-state index < -0.39 is 18.0 Å². The van der Waals surface area contributed by atoms with Gasteiger partial charge in [-0.15, -0.1) is 10.2 Å². The summed E-state index contributed by atoms with van der Waals surface area (Å²) >= 11 is 0. The van der Waals surface area contributed by atoms with E-state index >= 15 is 0 Å². The Balaban J connectivity index is 1.61. The van der Waals surface area contributed by atoms with Crippen molar-refractivity contribution in [2.45, 2.75) is 6.10 Å². The van der Waals surface area contributed by atoms with Crippen LogP contribution in [-0.4, -0.2) is 43.9 Å². The van der Waals surface area contributed by atoms with Gasteiger partial charge >= 0.3 is 6.09 Å². The summed E-state index contributed by atoms with van der Waals surface area (Å²) in [6.07, 6.45) is 0.552. The maximum absolute atomic E-state index is 14.6. The summed E-state index contributed by atoms with van der Waals surface area (Å²) in [5.74, 6) is -0.0693. The zero-order valence-electron chi connectivity index (χ0n) is 13.8. The number of anilines is 1. The van der Waals surface area contributed by atoms with Crippen molar-refractivity contribution in [3.63, 3.8) is 0 Å². The van der Waals surface area contributed by atoms with Crippen molar-refractivity contribution in [1.82, 2.24) is 25.2 Å². The van der Waals surface area contributed by atoms with Gasteiger partial charge in [0, 0.05) is 17.3 Å². The lowest BCUT2D eigenvalue weighted by atomic mass is 10.1. The van der Waals surface area contributed by atoms with Gasteiger partial charge in [-0.3, -0.25) is 9.88 Å². The molecule has 0 bridgehead atoms. The van der Waals surface area contributed by atoms with Gasteiger partial charge in [-0.2, -0.15) is 4.80 Å². The number of rotatable bonds is 3. The minimum atomic E-state index is -0.528. The molecule has 4 rings (SSSR count). The number of amides is 1. The molecule has 3 aromatic rings. The Morgan fingerprint density at radius 3 is 2.73 bits per heavy atom. The first kappa shape index (κ1) is 16.1. The Labute approximate surface area is 148 Å². The fraction of sp³-hybridized carbons (Fsp3) is 0.176. The van der Waals surface area contributed by atoms with E-state index in [4.69, 9.17) is 4.74 Å². The van der Waals surface area contributed by atoms with Crippen LogP contribution >= 0.6 is 0 Å². The Bertz CT molecular complexity index is 972. The zero-order chi connectivity index (χ0) is 18.3. The van der Waals surface area contributed by atoms with Crippen LogP contribution in [0.4, 0.5) is 14.9 Å². The molecule has 1 atom stereocenters. The van der Waals surface area contributed by atoms with Crippen molar-refractivity contribution < 1.29 is 13.9 Å². The van der Waals surface area contributed by atoms with Crippen molar-refractivity contribution in [2.75, 3.05) is 11.4 Å². The average Bonchev–Trinajstić information content (AvgIpc) is 3.20. The zero-order valence-corrected chi connectivity index (χ0v) is 13.8. The van der Waals surface area contributed by atoms with E-state index in [1.54, 1.807) is 37.5 Å². The molecule has 0 spiro atoms. The Kier molecular flexibility index (Phi) is 3.83. The molecular formula is C17H14FN6O2. The minimum absolute atomic E-state index is 0.291. The molecule has 1 unspecified atom stereocenters. The Hall–Kier alpha value is -3.36. The quantitative estimate of drug-likeness (QED) is 0.718. The number of pyridine rings is 1. The van der Waals surface area contributed by atoms with Gasteiger partial charge in [0.05, 0.1) is 19.3 Å². The third-order valence-electron chi connectivity index (χ3n) is 3.95. The van der Waals surface area contributed by atoms with Crippen molar-refractivity contribution in [3.8, 4) is 22.6 Å². The summed E-state index contributed by atoms with van der Waals surface area (Å²) in [6, 6.07) is 7.99. The maximum atomic E-state index is 14.6. The van der Waals surface area contributed by atoms with Gasteiger partial charge in [0.2, 0.25) is 5.82 Å². The number of hydrogen-bond donors (Lipinski definition) is 0. The van der Waals surface area contributed by atoms with E-state index in [9.17, 15) is 9.18 Å². The molecule has 1 radical (unpaired) electrons. The lowest BCUT2D eigenvalue weighted by Crippen LogP contribution is -2.24. The van der Waals surface area contributed by atoms with Gasteiger partial charge in [0.25, 0.3) is 0 Å². The summed E-state index contributed by atoms with van der Waals surface area (Å²) < 4.78 is 19.5. The molecule has 0 saturated carbocycles. The van der Waals surface area contributed by atoms with Crippen LogP contribution in [0.3, 0.4) is 0 Å². The molecule has 2 aromatic heterocycles. The van der Waals surface area contributed by atoms with Crippen LogP contribution in [0.15, 0.2) is 36.5 Å². The van der Waals surface area contributed by atoms with Crippen LogP contribution in [0.5, 0.6) is 0 Å². The number of hydrogen-bond acceptors (Lipinski definition) is 6. The fourth-order valence-corrected chi connectivity index (χ4v) is 2.71. The second-order valence-electron chi connectivity index (χ2n) is 5.82. The molecule has 1 fully saturated rings. The minimum Gasteiger partial charge on any atom is -0.444 e. The summed E-state index contributed by atoms with van der Waals surface area (Å²) in [7, 11) is 1.66. The number of benzene rings is 1. The summed E-state index contributed by atoms with van der Waals surface area (Å²) in [5.41, 5.74) is 1.94. The second kappa shape index (κ2) is 6.17. The van der Waals surface area contributed by atoms with E-state index in [-0.39, 0.29) is 0 Å². The highest BCUT2D eigenvalue weighted by Crippen LogP contribution is 2.29. The van der Waals surface area contributed by atoms with Crippen molar-refractivity contribution >= 4 is 11.8 Å². The topological polar surface area (TPSA) is 86.0 Å². The second-order valence-corrected chi connectivity index (χ2v) is 5.82. The molecule has 9 heteroatoms. The molecule has 3 heterocycles. The maximum Gasteiger partial charge on any atom is 0.414 e. The number of ether oxygens (including phenoxy) is 1. The summed E-state index contributed by atoms with van der Waals surface area (Å²) in [5, 5.41) is 11.7. The number of aromatic nitrogens is 5. The first-order valence-corrected chi connectivity index (χ1v) is 7.83. The number of halogens is 1. The van der Waals surface area contributed by atoms with Gasteiger partial charge < -0.3 is 4.74 Å². The van der Waals surface area contributed by atoms with Crippen LogP contribution in [0.1, 0.15) is 0 Å². The first-order valence-electron chi connectivity index (χ1n) is 7.83. The average molecular weight is 353 g/mol. The van der Waals surface area contributed by atoms with Crippen molar-refractivity contribution in [3.05, 3.63) is 49.3 Å². The Morgan fingerprint density at radius 1 is 1.31 bits per heavy atom. The SMILES string of the molecule is [CH2]C1CN(c2ccc(-c3ccc(-c4nnn(C)n4)nc3)c(F)c2)C(=O)O1.